The smallest absolute Gasteiger partial charge is 0.388 e. The lowest BCUT2D eigenvalue weighted by molar-refractivity contribution is -0.230. The van der Waals surface area contributed by atoms with E-state index in [1.54, 1.807) is 12.2 Å². The molecule has 0 radical (unpaired) electrons. The fourth-order valence-corrected chi connectivity index (χ4v) is 2.51. The van der Waals surface area contributed by atoms with Gasteiger partial charge in [-0.3, -0.25) is 4.79 Å². The number of ether oxygens (including phenoxy) is 1. The summed E-state index contributed by atoms with van der Waals surface area (Å²) in [5.74, 6) is -2.23. The third-order valence-electron chi connectivity index (χ3n) is 3.56. The second kappa shape index (κ2) is 7.31. The van der Waals surface area contributed by atoms with E-state index in [1.165, 1.54) is 6.92 Å². The van der Waals surface area contributed by atoms with Crippen LogP contribution in [-0.4, -0.2) is 69.3 Å². The van der Waals surface area contributed by atoms with Crippen LogP contribution in [0, 0.1) is 0 Å². The van der Waals surface area contributed by atoms with E-state index in [0.717, 1.165) is 0 Å². The number of carbonyl (C=O) groups excluding carboxylic acids is 1. The maximum Gasteiger partial charge on any atom is 0.471 e. The molecule has 1 heterocycles. The van der Waals surface area contributed by atoms with E-state index in [9.17, 15) is 33.3 Å². The molecule has 22 heavy (non-hydrogen) atoms. The van der Waals surface area contributed by atoms with Crippen molar-refractivity contribution in [2.24, 2.45) is 0 Å². The Labute approximate surface area is 130 Å². The van der Waals surface area contributed by atoms with Crippen molar-refractivity contribution in [1.29, 1.82) is 0 Å². The van der Waals surface area contributed by atoms with Crippen LogP contribution in [0.2, 0.25) is 0 Å². The minimum Gasteiger partial charge on any atom is -0.388 e. The van der Waals surface area contributed by atoms with Gasteiger partial charge in [0.1, 0.15) is 24.4 Å². The van der Waals surface area contributed by atoms with Gasteiger partial charge in [-0.05, 0) is 13.3 Å². The summed E-state index contributed by atoms with van der Waals surface area (Å²) in [6, 6.07) is -1.40. The number of alkyl halides is 4. The van der Waals surface area contributed by atoms with Crippen molar-refractivity contribution in [1.82, 2.24) is 5.32 Å². The lowest BCUT2D eigenvalue weighted by atomic mass is 9.89. The lowest BCUT2D eigenvalue weighted by Gasteiger charge is -2.44. The summed E-state index contributed by atoms with van der Waals surface area (Å²) in [4.78, 5) is 11.1. The molecule has 6 nitrogen and oxygen atoms in total. The van der Waals surface area contributed by atoms with Gasteiger partial charge in [0.05, 0.1) is 17.5 Å². The Morgan fingerprint density at radius 2 is 1.82 bits per heavy atom. The van der Waals surface area contributed by atoms with Crippen LogP contribution in [0.4, 0.5) is 13.2 Å². The van der Waals surface area contributed by atoms with Crippen molar-refractivity contribution in [2.75, 3.05) is 0 Å². The molecule has 4 N–H and O–H groups in total. The van der Waals surface area contributed by atoms with E-state index < -0.39 is 54.0 Å². The molecule has 1 aliphatic heterocycles. The second-order valence-corrected chi connectivity index (χ2v) is 5.88. The average Bonchev–Trinajstić information content (AvgIpc) is 2.41. The highest BCUT2D eigenvalue weighted by atomic mass is 35.5. The number of rotatable bonds is 4. The molecule has 1 rings (SSSR count). The third-order valence-corrected chi connectivity index (χ3v) is 3.83. The zero-order chi connectivity index (χ0) is 17.2. The number of carbonyl (C=O) groups is 1. The van der Waals surface area contributed by atoms with Gasteiger partial charge in [0.15, 0.2) is 0 Å². The highest BCUT2D eigenvalue weighted by molar-refractivity contribution is 6.21. The van der Waals surface area contributed by atoms with Gasteiger partial charge in [0, 0.05) is 0 Å². The Balaban J connectivity index is 2.97. The van der Waals surface area contributed by atoms with Crippen molar-refractivity contribution < 1.29 is 38.0 Å². The van der Waals surface area contributed by atoms with Gasteiger partial charge in [0.25, 0.3) is 0 Å². The number of amides is 1. The van der Waals surface area contributed by atoms with Crippen molar-refractivity contribution in [3.63, 3.8) is 0 Å². The zero-order valence-corrected chi connectivity index (χ0v) is 12.7. The fraction of sp³-hybridized carbons (Fsp3) is 0.917. The normalized spacial score (nSPS) is 35.8. The first-order chi connectivity index (χ1) is 10.0. The molecule has 0 aromatic heterocycles. The molecule has 0 bridgehead atoms. The summed E-state index contributed by atoms with van der Waals surface area (Å²) in [5, 5.41) is 30.1. The van der Waals surface area contributed by atoms with Crippen molar-refractivity contribution in [3.05, 3.63) is 0 Å². The van der Waals surface area contributed by atoms with E-state index in [1.807, 2.05) is 0 Å². The molecular formula is C12H19ClF3NO5. The molecule has 0 aliphatic carbocycles. The van der Waals surface area contributed by atoms with Crippen LogP contribution >= 0.6 is 11.6 Å². The molecule has 3 unspecified atom stereocenters. The SMILES string of the molecule is CCC1O[C@H]([C@H](NC(=O)C(F)(F)F)[C@H](C)Cl)C(O)C(O)[C@H]1O. The number of aliphatic hydroxyl groups is 3. The first kappa shape index (κ1) is 19.4. The molecule has 1 amide bonds. The quantitative estimate of drug-likeness (QED) is 0.532. The number of nitrogens with one attached hydrogen (secondary N) is 1. The molecule has 1 fully saturated rings. The monoisotopic (exact) mass is 349 g/mol. The summed E-state index contributed by atoms with van der Waals surface area (Å²) in [7, 11) is 0. The van der Waals surface area contributed by atoms with E-state index in [4.69, 9.17) is 16.3 Å². The molecule has 0 saturated carbocycles. The largest absolute Gasteiger partial charge is 0.471 e. The average molecular weight is 350 g/mol. The Hall–Kier alpha value is -0.610. The van der Waals surface area contributed by atoms with Crippen molar-refractivity contribution in [2.45, 2.75) is 68.4 Å². The Morgan fingerprint density at radius 1 is 1.27 bits per heavy atom. The summed E-state index contributed by atoms with van der Waals surface area (Å²) >= 11 is 5.79. The Bertz CT molecular complexity index is 393. The zero-order valence-electron chi connectivity index (χ0n) is 11.9. The maximum atomic E-state index is 12.4. The van der Waals surface area contributed by atoms with E-state index in [2.05, 4.69) is 0 Å². The molecule has 0 aromatic rings. The van der Waals surface area contributed by atoms with Crippen LogP contribution in [0.5, 0.6) is 0 Å². The number of hydrogen-bond acceptors (Lipinski definition) is 5. The summed E-state index contributed by atoms with van der Waals surface area (Å²) in [6.45, 7) is 2.94. The van der Waals surface area contributed by atoms with Gasteiger partial charge in [-0.25, -0.2) is 0 Å². The number of aliphatic hydroxyl groups excluding tert-OH is 3. The highest BCUT2D eigenvalue weighted by Crippen LogP contribution is 2.28. The first-order valence-electron chi connectivity index (χ1n) is 6.72. The Morgan fingerprint density at radius 3 is 2.23 bits per heavy atom. The molecule has 7 atom stereocenters. The van der Waals surface area contributed by atoms with Crippen LogP contribution in [-0.2, 0) is 9.53 Å². The molecular weight excluding hydrogens is 331 g/mol. The first-order valence-corrected chi connectivity index (χ1v) is 7.15. The molecule has 1 aliphatic rings. The van der Waals surface area contributed by atoms with Crippen LogP contribution in [0.1, 0.15) is 20.3 Å². The topological polar surface area (TPSA) is 99.0 Å². The van der Waals surface area contributed by atoms with Crippen LogP contribution < -0.4 is 5.32 Å². The Kier molecular flexibility index (Phi) is 6.46. The molecule has 130 valence electrons. The molecule has 0 aromatic carbocycles. The standard InChI is InChI=1S/C12H19ClF3NO5/c1-3-5-7(18)8(19)9(20)10(22-5)6(4(2)13)17-11(21)12(14,15)16/h4-10,18-20H,3H2,1-2H3,(H,17,21)/t4-,5?,6+,7-,8?,9?,10+/m0/s1. The van der Waals surface area contributed by atoms with Gasteiger partial charge < -0.3 is 25.4 Å². The van der Waals surface area contributed by atoms with Gasteiger partial charge in [0.2, 0.25) is 0 Å². The predicted molar refractivity (Wildman–Crippen MR) is 70.3 cm³/mol. The minimum absolute atomic E-state index is 0.248. The minimum atomic E-state index is -5.12. The van der Waals surface area contributed by atoms with Crippen LogP contribution in [0.3, 0.4) is 0 Å². The van der Waals surface area contributed by atoms with Crippen molar-refractivity contribution in [3.8, 4) is 0 Å². The van der Waals surface area contributed by atoms with E-state index >= 15 is 0 Å². The third kappa shape index (κ3) is 4.23. The number of halogens is 4. The van der Waals surface area contributed by atoms with Gasteiger partial charge in [-0.2, -0.15) is 13.2 Å². The molecule has 10 heteroatoms. The van der Waals surface area contributed by atoms with Crippen molar-refractivity contribution >= 4 is 17.5 Å². The van der Waals surface area contributed by atoms with E-state index in [-0.39, 0.29) is 6.42 Å². The summed E-state index contributed by atoms with van der Waals surface area (Å²) in [5.41, 5.74) is 0. The predicted octanol–water partition coefficient (Wildman–Crippen LogP) is -0.0791. The molecule has 1 saturated heterocycles. The number of hydrogen-bond donors (Lipinski definition) is 4. The van der Waals surface area contributed by atoms with Gasteiger partial charge in [-0.15, -0.1) is 11.6 Å². The summed E-state index contributed by atoms with van der Waals surface area (Å²) < 4.78 is 42.5. The van der Waals surface area contributed by atoms with Crippen LogP contribution in [0.15, 0.2) is 0 Å². The van der Waals surface area contributed by atoms with E-state index in [0.29, 0.717) is 0 Å². The maximum absolute atomic E-state index is 12.4. The highest BCUT2D eigenvalue weighted by Gasteiger charge is 2.49. The molecule has 0 spiro atoms. The van der Waals surface area contributed by atoms with Gasteiger partial charge >= 0.3 is 12.1 Å². The van der Waals surface area contributed by atoms with Gasteiger partial charge in [-0.1, -0.05) is 6.92 Å². The van der Waals surface area contributed by atoms with Crippen LogP contribution in [0.25, 0.3) is 0 Å². The fourth-order valence-electron chi connectivity index (χ4n) is 2.31. The second-order valence-electron chi connectivity index (χ2n) is 5.19. The summed E-state index contributed by atoms with van der Waals surface area (Å²) in [6.07, 6.45) is -11.9. The lowest BCUT2D eigenvalue weighted by Crippen LogP contribution is -2.65.